The van der Waals surface area contributed by atoms with Gasteiger partial charge in [-0.2, -0.15) is 0 Å². The van der Waals surface area contributed by atoms with Crippen LogP contribution >= 0.6 is 11.6 Å². The number of ether oxygens (including phenoxy) is 2. The molecule has 1 unspecified atom stereocenters. The third-order valence-electron chi connectivity index (χ3n) is 2.81. The lowest BCUT2D eigenvalue weighted by Gasteiger charge is -2.20. The Hall–Kier alpha value is -1.26. The number of halogens is 1. The van der Waals surface area contributed by atoms with Crippen molar-refractivity contribution in [3.8, 4) is 5.75 Å². The van der Waals surface area contributed by atoms with Crippen LogP contribution in [0.3, 0.4) is 0 Å². The minimum absolute atomic E-state index is 0.213. The third kappa shape index (κ3) is 2.94. The molecule has 1 aliphatic rings. The molecule has 4 nitrogen and oxygen atoms in total. The maximum absolute atomic E-state index is 6.08. The first-order valence-electron chi connectivity index (χ1n) is 5.91. The van der Waals surface area contributed by atoms with Crippen molar-refractivity contribution in [2.24, 2.45) is 4.99 Å². The summed E-state index contributed by atoms with van der Waals surface area (Å²) in [5, 5.41) is 3.91. The van der Waals surface area contributed by atoms with Gasteiger partial charge in [0.1, 0.15) is 11.6 Å². The van der Waals surface area contributed by atoms with Crippen molar-refractivity contribution < 1.29 is 9.47 Å². The van der Waals surface area contributed by atoms with Crippen molar-refractivity contribution in [3.05, 3.63) is 28.8 Å². The molecule has 0 aromatic heterocycles. The molecule has 0 saturated heterocycles. The van der Waals surface area contributed by atoms with E-state index in [1.807, 2.05) is 25.1 Å². The molecule has 2 rings (SSSR count). The summed E-state index contributed by atoms with van der Waals surface area (Å²) < 4.78 is 11.1. The summed E-state index contributed by atoms with van der Waals surface area (Å²) in [4.78, 5) is 4.37. The van der Waals surface area contributed by atoms with Crippen LogP contribution in [0.1, 0.15) is 5.56 Å². The fourth-order valence-electron chi connectivity index (χ4n) is 1.82. The molecule has 5 heteroatoms. The van der Waals surface area contributed by atoms with Crippen LogP contribution in [0, 0.1) is 6.92 Å². The minimum atomic E-state index is -0.213. The van der Waals surface area contributed by atoms with Gasteiger partial charge < -0.3 is 14.8 Å². The summed E-state index contributed by atoms with van der Waals surface area (Å²) in [6.45, 7) is 4.03. The predicted molar refractivity (Wildman–Crippen MR) is 72.8 cm³/mol. The maximum Gasteiger partial charge on any atom is 0.178 e. The topological polar surface area (TPSA) is 42.9 Å². The van der Waals surface area contributed by atoms with Crippen molar-refractivity contribution in [2.45, 2.75) is 13.0 Å². The van der Waals surface area contributed by atoms with Crippen LogP contribution < -0.4 is 10.1 Å². The third-order valence-corrected chi connectivity index (χ3v) is 3.22. The summed E-state index contributed by atoms with van der Waals surface area (Å²) in [5.74, 6) is 1.61. The maximum atomic E-state index is 6.08. The molecule has 1 aliphatic heterocycles. The van der Waals surface area contributed by atoms with E-state index in [4.69, 9.17) is 21.1 Å². The molecule has 1 atom stereocenters. The highest BCUT2D eigenvalue weighted by Crippen LogP contribution is 2.26. The van der Waals surface area contributed by atoms with E-state index in [1.54, 1.807) is 7.11 Å². The molecule has 1 N–H and O–H groups in total. The van der Waals surface area contributed by atoms with Crippen molar-refractivity contribution in [3.63, 3.8) is 0 Å². The Morgan fingerprint density at radius 2 is 2.33 bits per heavy atom. The highest BCUT2D eigenvalue weighted by molar-refractivity contribution is 6.31. The smallest absolute Gasteiger partial charge is 0.178 e. The summed E-state index contributed by atoms with van der Waals surface area (Å²) in [7, 11) is 1.65. The zero-order chi connectivity index (χ0) is 13.0. The van der Waals surface area contributed by atoms with Crippen LogP contribution in [0.5, 0.6) is 5.75 Å². The van der Waals surface area contributed by atoms with Gasteiger partial charge in [-0.3, -0.25) is 4.99 Å². The van der Waals surface area contributed by atoms with Gasteiger partial charge in [-0.25, -0.2) is 0 Å². The van der Waals surface area contributed by atoms with Gasteiger partial charge in [0.25, 0.3) is 0 Å². The highest BCUT2D eigenvalue weighted by Gasteiger charge is 2.21. The van der Waals surface area contributed by atoms with E-state index in [0.29, 0.717) is 11.6 Å². The lowest BCUT2D eigenvalue weighted by atomic mass is 10.2. The largest absolute Gasteiger partial charge is 0.480 e. The van der Waals surface area contributed by atoms with E-state index in [1.165, 1.54) is 0 Å². The number of methoxy groups -OCH3 is 1. The fraction of sp³-hybridized carbons (Fsp3) is 0.462. The summed E-state index contributed by atoms with van der Waals surface area (Å²) >= 11 is 6.08. The SMILES string of the molecule is COCC(Oc1cccc(Cl)c1C)C1=NCCN1. The van der Waals surface area contributed by atoms with Crippen molar-refractivity contribution >= 4 is 17.4 Å². The van der Waals surface area contributed by atoms with Gasteiger partial charge in [0.15, 0.2) is 6.10 Å². The fourth-order valence-corrected chi connectivity index (χ4v) is 1.99. The van der Waals surface area contributed by atoms with Gasteiger partial charge in [-0.15, -0.1) is 0 Å². The number of rotatable bonds is 5. The Morgan fingerprint density at radius 3 is 3.00 bits per heavy atom. The van der Waals surface area contributed by atoms with Gasteiger partial charge in [0.2, 0.25) is 0 Å². The molecule has 1 aromatic rings. The van der Waals surface area contributed by atoms with Crippen molar-refractivity contribution in [2.75, 3.05) is 26.8 Å². The zero-order valence-corrected chi connectivity index (χ0v) is 11.3. The molecular weight excluding hydrogens is 252 g/mol. The van der Waals surface area contributed by atoms with Crippen molar-refractivity contribution in [1.82, 2.24) is 5.32 Å². The molecule has 1 heterocycles. The summed E-state index contributed by atoms with van der Waals surface area (Å²) in [5.41, 5.74) is 0.930. The Kier molecular flexibility index (Phi) is 4.44. The molecule has 0 aliphatic carbocycles. The second-order valence-electron chi connectivity index (χ2n) is 4.12. The van der Waals surface area contributed by atoms with Crippen LogP contribution in [0.2, 0.25) is 5.02 Å². The molecule has 18 heavy (non-hydrogen) atoms. The van der Waals surface area contributed by atoms with Gasteiger partial charge in [-0.05, 0) is 19.1 Å². The standard InChI is InChI=1S/C13H17ClN2O2/c1-9-10(14)4-3-5-11(9)18-12(8-17-2)13-15-6-7-16-13/h3-5,12H,6-8H2,1-2H3,(H,15,16). The van der Waals surface area contributed by atoms with E-state index < -0.39 is 0 Å². The van der Waals surface area contributed by atoms with Crippen LogP contribution in [-0.2, 0) is 4.74 Å². The lowest BCUT2D eigenvalue weighted by molar-refractivity contribution is 0.116. The first-order chi connectivity index (χ1) is 8.72. The normalized spacial score (nSPS) is 16.1. The second-order valence-corrected chi connectivity index (χ2v) is 4.53. The van der Waals surface area contributed by atoms with Gasteiger partial charge in [-0.1, -0.05) is 17.7 Å². The van der Waals surface area contributed by atoms with E-state index in [9.17, 15) is 0 Å². The van der Waals surface area contributed by atoms with Crippen LogP contribution in [0.15, 0.2) is 23.2 Å². The molecule has 0 spiro atoms. The van der Waals surface area contributed by atoms with E-state index in [0.717, 1.165) is 30.2 Å². The van der Waals surface area contributed by atoms with Crippen LogP contribution in [-0.4, -0.2) is 38.7 Å². The Labute approximate surface area is 112 Å². The predicted octanol–water partition coefficient (Wildman–Crippen LogP) is 2.04. The number of nitrogens with zero attached hydrogens (tertiary/aromatic N) is 1. The summed E-state index contributed by atoms with van der Waals surface area (Å²) in [6, 6.07) is 5.62. The molecular formula is C13H17ClN2O2. The average molecular weight is 269 g/mol. The minimum Gasteiger partial charge on any atom is -0.480 e. The number of hydrogen-bond acceptors (Lipinski definition) is 4. The lowest BCUT2D eigenvalue weighted by Crippen LogP contribution is -2.39. The Balaban J connectivity index is 2.15. The molecule has 0 fully saturated rings. The van der Waals surface area contributed by atoms with Gasteiger partial charge >= 0.3 is 0 Å². The number of hydrogen-bond donors (Lipinski definition) is 1. The van der Waals surface area contributed by atoms with E-state index in [2.05, 4.69) is 10.3 Å². The highest BCUT2D eigenvalue weighted by atomic mass is 35.5. The van der Waals surface area contributed by atoms with Crippen molar-refractivity contribution in [1.29, 1.82) is 0 Å². The number of benzene rings is 1. The van der Waals surface area contributed by atoms with Crippen LogP contribution in [0.4, 0.5) is 0 Å². The molecule has 0 bridgehead atoms. The molecule has 98 valence electrons. The number of amidine groups is 1. The molecule has 0 amide bonds. The van der Waals surface area contributed by atoms with Gasteiger partial charge in [0.05, 0.1) is 13.2 Å². The molecule has 0 saturated carbocycles. The van der Waals surface area contributed by atoms with Crippen LogP contribution in [0.25, 0.3) is 0 Å². The Bertz CT molecular complexity index is 449. The number of nitrogens with one attached hydrogen (secondary N) is 1. The Morgan fingerprint density at radius 1 is 1.50 bits per heavy atom. The molecule has 1 aromatic carbocycles. The first-order valence-corrected chi connectivity index (χ1v) is 6.29. The average Bonchev–Trinajstić information content (AvgIpc) is 2.88. The zero-order valence-electron chi connectivity index (χ0n) is 10.6. The monoisotopic (exact) mass is 268 g/mol. The van der Waals surface area contributed by atoms with Gasteiger partial charge in [0, 0.05) is 24.2 Å². The first kappa shape index (κ1) is 13.2. The molecule has 0 radical (unpaired) electrons. The van der Waals surface area contributed by atoms with E-state index in [-0.39, 0.29) is 6.10 Å². The summed E-state index contributed by atoms with van der Waals surface area (Å²) in [6.07, 6.45) is -0.213. The quantitative estimate of drug-likeness (QED) is 0.889. The van der Waals surface area contributed by atoms with E-state index >= 15 is 0 Å². The number of aliphatic imine (C=N–C) groups is 1. The second kappa shape index (κ2) is 6.07.